The molecule has 29 heavy (non-hydrogen) atoms. The van der Waals surface area contributed by atoms with Crippen molar-refractivity contribution in [2.24, 2.45) is 11.7 Å². The molecule has 6 heteroatoms. The van der Waals surface area contributed by atoms with Crippen molar-refractivity contribution in [2.75, 3.05) is 13.6 Å². The van der Waals surface area contributed by atoms with E-state index in [0.717, 1.165) is 17.8 Å². The van der Waals surface area contributed by atoms with Crippen LogP contribution in [0.2, 0.25) is 0 Å². The van der Waals surface area contributed by atoms with E-state index in [-0.39, 0.29) is 11.9 Å². The van der Waals surface area contributed by atoms with Gasteiger partial charge in [-0.1, -0.05) is 32.0 Å². The number of benzene rings is 1. The highest BCUT2D eigenvalue weighted by atomic mass is 16.5. The fourth-order valence-corrected chi connectivity index (χ4v) is 3.13. The number of hydrogen-bond acceptors (Lipinski definition) is 4. The normalized spacial score (nSPS) is 12.3. The molecule has 0 aliphatic rings. The highest BCUT2D eigenvalue weighted by Crippen LogP contribution is 2.21. The van der Waals surface area contributed by atoms with Gasteiger partial charge in [-0.25, -0.2) is 4.98 Å². The summed E-state index contributed by atoms with van der Waals surface area (Å²) in [5.41, 5.74) is 9.52. The molecule has 2 heterocycles. The van der Waals surface area contributed by atoms with E-state index in [9.17, 15) is 4.79 Å². The number of nitrogens with two attached hydrogens (primary N) is 1. The summed E-state index contributed by atoms with van der Waals surface area (Å²) >= 11 is 0. The number of imidazole rings is 1. The van der Waals surface area contributed by atoms with Gasteiger partial charge < -0.3 is 19.8 Å². The lowest BCUT2D eigenvalue weighted by Gasteiger charge is -2.22. The zero-order chi connectivity index (χ0) is 21.0. The summed E-state index contributed by atoms with van der Waals surface area (Å²) in [7, 11) is 1.80. The fourth-order valence-electron chi connectivity index (χ4n) is 3.13. The van der Waals surface area contributed by atoms with E-state index in [1.807, 2.05) is 54.0 Å². The number of pyridine rings is 1. The quantitative estimate of drug-likeness (QED) is 0.633. The van der Waals surface area contributed by atoms with Crippen LogP contribution in [-0.4, -0.2) is 39.8 Å². The minimum atomic E-state index is -0.0674. The van der Waals surface area contributed by atoms with E-state index in [2.05, 4.69) is 18.8 Å². The Morgan fingerprint density at radius 2 is 1.97 bits per heavy atom. The molecule has 0 bridgehead atoms. The van der Waals surface area contributed by atoms with Crippen molar-refractivity contribution in [1.82, 2.24) is 14.3 Å². The van der Waals surface area contributed by atoms with Gasteiger partial charge in [0.25, 0.3) is 5.91 Å². The van der Waals surface area contributed by atoms with Gasteiger partial charge in [-0.3, -0.25) is 4.79 Å². The second kappa shape index (κ2) is 9.09. The van der Waals surface area contributed by atoms with Crippen LogP contribution in [-0.2, 0) is 6.61 Å². The second-order valence-corrected chi connectivity index (χ2v) is 7.91. The predicted octanol–water partition coefficient (Wildman–Crippen LogP) is 3.67. The molecule has 6 nitrogen and oxygen atoms in total. The zero-order valence-electron chi connectivity index (χ0n) is 17.6. The minimum Gasteiger partial charge on any atom is -0.486 e. The van der Waals surface area contributed by atoms with Crippen molar-refractivity contribution >= 4 is 11.6 Å². The first-order chi connectivity index (χ1) is 13.8. The Labute approximate surface area is 172 Å². The standard InChI is InChI=1S/C23H30N4O2/c1-16(2)20(24)11-12-26(4)23(28)19-7-5-6-8-21(19)29-15-18-14-27-13-17(3)9-10-22(27)25-18/h5-10,13-14,16,20H,11-12,15,24H2,1-4H3. The van der Waals surface area contributed by atoms with Crippen molar-refractivity contribution in [3.63, 3.8) is 0 Å². The maximum Gasteiger partial charge on any atom is 0.257 e. The monoisotopic (exact) mass is 394 g/mol. The number of para-hydroxylation sites is 1. The van der Waals surface area contributed by atoms with E-state index in [1.165, 1.54) is 5.56 Å². The van der Waals surface area contributed by atoms with E-state index in [1.54, 1.807) is 18.0 Å². The van der Waals surface area contributed by atoms with Gasteiger partial charge in [-0.2, -0.15) is 0 Å². The van der Waals surface area contributed by atoms with Crippen LogP contribution in [0, 0.1) is 12.8 Å². The molecule has 1 unspecified atom stereocenters. The number of carbonyl (C=O) groups is 1. The van der Waals surface area contributed by atoms with Crippen LogP contribution in [0.4, 0.5) is 0 Å². The van der Waals surface area contributed by atoms with Crippen LogP contribution in [0.3, 0.4) is 0 Å². The molecule has 0 saturated heterocycles. The fraction of sp³-hybridized carbons (Fsp3) is 0.391. The van der Waals surface area contributed by atoms with Gasteiger partial charge in [0.2, 0.25) is 0 Å². The number of hydrogen-bond donors (Lipinski definition) is 1. The lowest BCUT2D eigenvalue weighted by atomic mass is 10.0. The number of nitrogens with zero attached hydrogens (tertiary/aromatic N) is 3. The Hall–Kier alpha value is -2.86. The minimum absolute atomic E-state index is 0.0674. The van der Waals surface area contributed by atoms with Crippen LogP contribution < -0.4 is 10.5 Å². The largest absolute Gasteiger partial charge is 0.486 e. The van der Waals surface area contributed by atoms with Crippen LogP contribution in [0.1, 0.15) is 41.9 Å². The SMILES string of the molecule is Cc1ccc2nc(COc3ccccc3C(=O)N(C)CCC(N)C(C)C)cn2c1. The third-order valence-corrected chi connectivity index (χ3v) is 5.14. The van der Waals surface area contributed by atoms with Crippen LogP contribution >= 0.6 is 0 Å². The average Bonchev–Trinajstić information content (AvgIpc) is 3.11. The Bertz CT molecular complexity index is 980. The molecule has 0 aliphatic carbocycles. The summed E-state index contributed by atoms with van der Waals surface area (Å²) in [6.45, 7) is 7.14. The summed E-state index contributed by atoms with van der Waals surface area (Å²) in [4.78, 5) is 19.2. The molecule has 0 spiro atoms. The van der Waals surface area contributed by atoms with Crippen LogP contribution in [0.5, 0.6) is 5.75 Å². The molecule has 1 atom stereocenters. The van der Waals surface area contributed by atoms with Gasteiger partial charge in [-0.05, 0) is 43.0 Å². The number of amides is 1. The van der Waals surface area contributed by atoms with Gasteiger partial charge >= 0.3 is 0 Å². The first kappa shape index (κ1) is 20.9. The van der Waals surface area contributed by atoms with Crippen molar-refractivity contribution in [1.29, 1.82) is 0 Å². The Balaban J connectivity index is 1.68. The maximum atomic E-state index is 12.9. The molecule has 154 valence electrons. The molecule has 2 N–H and O–H groups in total. The molecule has 1 aromatic carbocycles. The zero-order valence-corrected chi connectivity index (χ0v) is 17.6. The van der Waals surface area contributed by atoms with E-state index in [4.69, 9.17) is 10.5 Å². The summed E-state index contributed by atoms with van der Waals surface area (Å²) < 4.78 is 7.95. The molecular weight excluding hydrogens is 364 g/mol. The molecule has 0 saturated carbocycles. The number of aryl methyl sites for hydroxylation is 1. The lowest BCUT2D eigenvalue weighted by Crippen LogP contribution is -2.34. The van der Waals surface area contributed by atoms with Crippen molar-refractivity contribution in [3.8, 4) is 5.75 Å². The highest BCUT2D eigenvalue weighted by Gasteiger charge is 2.18. The molecule has 3 aromatic rings. The topological polar surface area (TPSA) is 72.9 Å². The molecule has 1 amide bonds. The molecule has 2 aromatic heterocycles. The summed E-state index contributed by atoms with van der Waals surface area (Å²) in [5, 5.41) is 0. The third-order valence-electron chi connectivity index (χ3n) is 5.14. The van der Waals surface area contributed by atoms with Crippen LogP contribution in [0.15, 0.2) is 48.8 Å². The van der Waals surface area contributed by atoms with Crippen molar-refractivity contribution in [2.45, 2.75) is 39.8 Å². The van der Waals surface area contributed by atoms with Crippen molar-refractivity contribution in [3.05, 3.63) is 65.6 Å². The second-order valence-electron chi connectivity index (χ2n) is 7.91. The molecule has 0 radical (unpaired) electrons. The maximum absolute atomic E-state index is 12.9. The number of fused-ring (bicyclic) bond motifs is 1. The van der Waals surface area contributed by atoms with Gasteiger partial charge in [0.05, 0.1) is 11.3 Å². The first-order valence-corrected chi connectivity index (χ1v) is 10.0. The molecule has 3 rings (SSSR count). The predicted molar refractivity (Wildman–Crippen MR) is 115 cm³/mol. The number of rotatable bonds is 8. The lowest BCUT2D eigenvalue weighted by molar-refractivity contribution is 0.0784. The van der Waals surface area contributed by atoms with Gasteiger partial charge in [0.1, 0.15) is 18.0 Å². The summed E-state index contributed by atoms with van der Waals surface area (Å²) in [6, 6.07) is 11.4. The molecular formula is C23H30N4O2. The number of ether oxygens (including phenoxy) is 1. The van der Waals surface area contributed by atoms with Crippen LogP contribution in [0.25, 0.3) is 5.65 Å². The van der Waals surface area contributed by atoms with Gasteiger partial charge in [-0.15, -0.1) is 0 Å². The van der Waals surface area contributed by atoms with E-state index in [0.29, 0.717) is 30.4 Å². The third kappa shape index (κ3) is 5.15. The molecule has 0 aliphatic heterocycles. The summed E-state index contributed by atoms with van der Waals surface area (Å²) in [5.74, 6) is 0.885. The Morgan fingerprint density at radius 1 is 1.21 bits per heavy atom. The Morgan fingerprint density at radius 3 is 2.72 bits per heavy atom. The van der Waals surface area contributed by atoms with E-state index < -0.39 is 0 Å². The van der Waals surface area contributed by atoms with E-state index >= 15 is 0 Å². The summed E-state index contributed by atoms with van der Waals surface area (Å²) in [6.07, 6.45) is 4.75. The smallest absolute Gasteiger partial charge is 0.257 e. The van der Waals surface area contributed by atoms with Gasteiger partial charge in [0, 0.05) is 32.0 Å². The number of aromatic nitrogens is 2. The van der Waals surface area contributed by atoms with Crippen molar-refractivity contribution < 1.29 is 9.53 Å². The Kier molecular flexibility index (Phi) is 6.54. The number of carbonyl (C=O) groups excluding carboxylic acids is 1. The molecule has 0 fully saturated rings. The highest BCUT2D eigenvalue weighted by molar-refractivity contribution is 5.96. The van der Waals surface area contributed by atoms with Gasteiger partial charge in [0.15, 0.2) is 0 Å². The first-order valence-electron chi connectivity index (χ1n) is 10.0. The average molecular weight is 395 g/mol.